The number of ether oxygens (including phenoxy) is 1. The Balaban J connectivity index is 1.24. The predicted molar refractivity (Wildman–Crippen MR) is 107 cm³/mol. The summed E-state index contributed by atoms with van der Waals surface area (Å²) in [6, 6.07) is 4.24. The molecule has 0 radical (unpaired) electrons. The van der Waals surface area contributed by atoms with Gasteiger partial charge in [-0.2, -0.15) is 0 Å². The third kappa shape index (κ3) is 3.89. The average molecular weight is 429 g/mol. The fraction of sp³-hybridized carbons (Fsp3) is 0.524. The second kappa shape index (κ2) is 8.09. The number of imide groups is 1. The molecule has 3 fully saturated rings. The number of hydrogen-bond donors (Lipinski definition) is 1. The monoisotopic (exact) mass is 429 g/mol. The van der Waals surface area contributed by atoms with Gasteiger partial charge in [0.1, 0.15) is 0 Å². The van der Waals surface area contributed by atoms with Crippen LogP contribution in [0, 0.1) is 40.7 Å². The first-order valence-corrected chi connectivity index (χ1v) is 10.3. The molecule has 1 heterocycles. The number of nitro groups is 1. The summed E-state index contributed by atoms with van der Waals surface area (Å²) in [4.78, 5) is 60.8. The fourth-order valence-electron chi connectivity index (χ4n) is 5.19. The first-order valence-electron chi connectivity index (χ1n) is 10.3. The minimum absolute atomic E-state index is 0.0469. The van der Waals surface area contributed by atoms with Crippen LogP contribution < -0.4 is 5.32 Å². The molecule has 4 rings (SSSR count). The minimum Gasteiger partial charge on any atom is -0.456 e. The summed E-state index contributed by atoms with van der Waals surface area (Å²) in [5, 5.41) is 13.4. The van der Waals surface area contributed by atoms with Gasteiger partial charge in [0.15, 0.2) is 6.61 Å². The second-order valence-electron chi connectivity index (χ2n) is 8.43. The standard InChI is InChI=1S/C21H23N3O7/c1-11-2-5-14(9-15(11)24(29)30)22-16(25)10-31-17(26)6-7-23-20(27)18-12-3-4-13(8-12)19(18)21(23)28/h2,5,9,12-13,18-19H,3-4,6-8,10H2,1H3,(H,22,25)/t12-,13-,18-,19-/m0/s1. The Bertz CT molecular complexity index is 948. The Labute approximate surface area is 178 Å². The number of amides is 3. The lowest BCUT2D eigenvalue weighted by molar-refractivity contribution is -0.385. The summed E-state index contributed by atoms with van der Waals surface area (Å²) in [5.74, 6) is -1.62. The van der Waals surface area contributed by atoms with Crippen LogP contribution in [0.4, 0.5) is 11.4 Å². The fourth-order valence-corrected chi connectivity index (χ4v) is 5.19. The van der Waals surface area contributed by atoms with E-state index in [0.717, 1.165) is 19.3 Å². The highest BCUT2D eigenvalue weighted by atomic mass is 16.6. The maximum atomic E-state index is 12.6. The first kappa shape index (κ1) is 21.0. The van der Waals surface area contributed by atoms with Gasteiger partial charge in [-0.1, -0.05) is 6.07 Å². The zero-order valence-corrected chi connectivity index (χ0v) is 17.0. The van der Waals surface area contributed by atoms with E-state index in [-0.39, 0.29) is 59.8 Å². The molecule has 10 heteroatoms. The number of anilines is 1. The quantitative estimate of drug-likeness (QED) is 0.302. The molecule has 2 bridgehead atoms. The predicted octanol–water partition coefficient (Wildman–Crippen LogP) is 1.81. The third-order valence-corrected chi connectivity index (χ3v) is 6.61. The van der Waals surface area contributed by atoms with Crippen molar-refractivity contribution >= 4 is 35.1 Å². The molecule has 3 amide bonds. The van der Waals surface area contributed by atoms with Gasteiger partial charge in [-0.15, -0.1) is 0 Å². The van der Waals surface area contributed by atoms with Gasteiger partial charge in [0.2, 0.25) is 11.8 Å². The summed E-state index contributed by atoms with van der Waals surface area (Å²) >= 11 is 0. The first-order chi connectivity index (χ1) is 14.8. The maximum absolute atomic E-state index is 12.6. The molecule has 1 aromatic carbocycles. The number of nitrogens with zero attached hydrogens (tertiary/aromatic N) is 2. The molecule has 1 aliphatic heterocycles. The van der Waals surface area contributed by atoms with Crippen LogP contribution in [0.25, 0.3) is 0 Å². The lowest BCUT2D eigenvalue weighted by atomic mass is 9.81. The number of benzene rings is 1. The van der Waals surface area contributed by atoms with Gasteiger partial charge in [-0.05, 0) is 44.1 Å². The van der Waals surface area contributed by atoms with Crippen molar-refractivity contribution in [1.82, 2.24) is 4.90 Å². The summed E-state index contributed by atoms with van der Waals surface area (Å²) in [6.07, 6.45) is 2.73. The van der Waals surface area contributed by atoms with E-state index in [1.807, 2.05) is 0 Å². The van der Waals surface area contributed by atoms with Crippen molar-refractivity contribution < 1.29 is 28.8 Å². The van der Waals surface area contributed by atoms with Gasteiger partial charge >= 0.3 is 5.97 Å². The average Bonchev–Trinajstić information content (AvgIpc) is 3.40. The maximum Gasteiger partial charge on any atom is 0.308 e. The lowest BCUT2D eigenvalue weighted by Gasteiger charge is -2.19. The molecule has 0 aromatic heterocycles. The Morgan fingerprint density at radius 1 is 1.19 bits per heavy atom. The third-order valence-electron chi connectivity index (χ3n) is 6.61. The Kier molecular flexibility index (Phi) is 5.47. The number of rotatable bonds is 7. The zero-order chi connectivity index (χ0) is 22.3. The van der Waals surface area contributed by atoms with Gasteiger partial charge in [-0.25, -0.2) is 0 Å². The molecule has 0 spiro atoms. The van der Waals surface area contributed by atoms with E-state index in [4.69, 9.17) is 4.74 Å². The van der Waals surface area contributed by atoms with E-state index >= 15 is 0 Å². The number of esters is 1. The smallest absolute Gasteiger partial charge is 0.308 e. The molecule has 10 nitrogen and oxygen atoms in total. The number of fused-ring (bicyclic) bond motifs is 5. The number of aryl methyl sites for hydroxylation is 1. The number of nitro benzene ring substituents is 1. The van der Waals surface area contributed by atoms with Crippen molar-refractivity contribution in [2.45, 2.75) is 32.6 Å². The molecule has 164 valence electrons. The molecular formula is C21H23N3O7. The van der Waals surface area contributed by atoms with Crippen molar-refractivity contribution in [1.29, 1.82) is 0 Å². The zero-order valence-electron chi connectivity index (χ0n) is 17.0. The highest BCUT2D eigenvalue weighted by molar-refractivity contribution is 6.06. The normalized spacial score (nSPS) is 26.2. The molecule has 1 N–H and O–H groups in total. The van der Waals surface area contributed by atoms with Crippen molar-refractivity contribution in [3.63, 3.8) is 0 Å². The summed E-state index contributed by atoms with van der Waals surface area (Å²) in [6.45, 7) is 0.964. The lowest BCUT2D eigenvalue weighted by Crippen LogP contribution is -2.35. The van der Waals surface area contributed by atoms with Gasteiger partial charge in [-0.3, -0.25) is 34.2 Å². The van der Waals surface area contributed by atoms with Gasteiger partial charge in [0.25, 0.3) is 11.6 Å². The van der Waals surface area contributed by atoms with E-state index < -0.39 is 23.4 Å². The molecule has 2 saturated carbocycles. The second-order valence-corrected chi connectivity index (χ2v) is 8.43. The molecule has 31 heavy (non-hydrogen) atoms. The molecule has 2 aliphatic carbocycles. The van der Waals surface area contributed by atoms with Crippen LogP contribution in [-0.2, 0) is 23.9 Å². The van der Waals surface area contributed by atoms with E-state index in [1.54, 1.807) is 6.92 Å². The van der Waals surface area contributed by atoms with Crippen molar-refractivity contribution in [3.05, 3.63) is 33.9 Å². The Morgan fingerprint density at radius 3 is 2.45 bits per heavy atom. The topological polar surface area (TPSA) is 136 Å². The van der Waals surface area contributed by atoms with E-state index in [1.165, 1.54) is 23.1 Å². The van der Waals surface area contributed by atoms with Crippen LogP contribution in [-0.4, -0.2) is 46.7 Å². The molecule has 3 aliphatic rings. The van der Waals surface area contributed by atoms with Gasteiger partial charge in [0, 0.05) is 23.9 Å². The number of hydrogen-bond acceptors (Lipinski definition) is 7. The highest BCUT2D eigenvalue weighted by Gasteiger charge is 2.60. The van der Waals surface area contributed by atoms with Crippen LogP contribution in [0.3, 0.4) is 0 Å². The molecule has 4 atom stereocenters. The van der Waals surface area contributed by atoms with E-state index in [2.05, 4.69) is 5.32 Å². The Morgan fingerprint density at radius 2 is 1.84 bits per heavy atom. The summed E-state index contributed by atoms with van der Waals surface area (Å²) in [7, 11) is 0. The molecular weight excluding hydrogens is 406 g/mol. The van der Waals surface area contributed by atoms with Crippen molar-refractivity contribution in [2.24, 2.45) is 23.7 Å². The SMILES string of the molecule is Cc1ccc(NC(=O)COC(=O)CCN2C(=O)[C@H]3[C@H]4CC[C@@H](C4)[C@@H]3C2=O)cc1[N+](=O)[O-]. The number of carbonyl (C=O) groups is 4. The molecule has 1 aromatic rings. The highest BCUT2D eigenvalue weighted by Crippen LogP contribution is 2.56. The molecule has 1 saturated heterocycles. The van der Waals surface area contributed by atoms with Crippen LogP contribution >= 0.6 is 0 Å². The van der Waals surface area contributed by atoms with Crippen molar-refractivity contribution in [3.8, 4) is 0 Å². The molecule has 0 unspecified atom stereocenters. The Hall–Kier alpha value is -3.30. The number of nitrogens with one attached hydrogen (secondary N) is 1. The largest absolute Gasteiger partial charge is 0.456 e. The van der Waals surface area contributed by atoms with Crippen LogP contribution in [0.15, 0.2) is 18.2 Å². The van der Waals surface area contributed by atoms with Gasteiger partial charge < -0.3 is 10.1 Å². The van der Waals surface area contributed by atoms with E-state index in [0.29, 0.717) is 5.56 Å². The van der Waals surface area contributed by atoms with Crippen molar-refractivity contribution in [2.75, 3.05) is 18.5 Å². The summed E-state index contributed by atoms with van der Waals surface area (Å²) < 4.78 is 4.92. The van der Waals surface area contributed by atoms with Crippen LogP contribution in [0.5, 0.6) is 0 Å². The summed E-state index contributed by atoms with van der Waals surface area (Å²) in [5.41, 5.74) is 0.540. The number of carbonyl (C=O) groups excluding carboxylic acids is 4. The van der Waals surface area contributed by atoms with Crippen LogP contribution in [0.1, 0.15) is 31.2 Å². The van der Waals surface area contributed by atoms with E-state index in [9.17, 15) is 29.3 Å². The number of likely N-dealkylation sites (tertiary alicyclic amines) is 1. The van der Waals surface area contributed by atoms with Gasteiger partial charge in [0.05, 0.1) is 23.2 Å². The van der Waals surface area contributed by atoms with Crippen LogP contribution in [0.2, 0.25) is 0 Å². The minimum atomic E-state index is -0.703.